The van der Waals surface area contributed by atoms with Gasteiger partial charge in [-0.25, -0.2) is 0 Å². The molecule has 0 bridgehead atoms. The van der Waals surface area contributed by atoms with E-state index in [1.807, 2.05) is 0 Å². The van der Waals surface area contributed by atoms with Crippen LogP contribution in [0.4, 0.5) is 0 Å². The molecule has 2 N–H and O–H groups in total. The Morgan fingerprint density at radius 2 is 1.44 bits per heavy atom. The van der Waals surface area contributed by atoms with Crippen molar-refractivity contribution in [1.29, 1.82) is 0 Å². The van der Waals surface area contributed by atoms with E-state index in [2.05, 4.69) is 6.92 Å². The van der Waals surface area contributed by atoms with Crippen LogP contribution in [0.15, 0.2) is 0 Å². The van der Waals surface area contributed by atoms with E-state index >= 15 is 0 Å². The van der Waals surface area contributed by atoms with Gasteiger partial charge in [0.15, 0.2) is 5.41 Å². The van der Waals surface area contributed by atoms with Crippen molar-refractivity contribution in [2.75, 3.05) is 0 Å². The van der Waals surface area contributed by atoms with Crippen LogP contribution in [-0.4, -0.2) is 22.2 Å². The van der Waals surface area contributed by atoms with E-state index in [1.165, 1.54) is 26.2 Å². The molecule has 0 amide bonds. The van der Waals surface area contributed by atoms with Gasteiger partial charge in [0.25, 0.3) is 0 Å². The van der Waals surface area contributed by atoms with Crippen molar-refractivity contribution in [3.05, 3.63) is 0 Å². The van der Waals surface area contributed by atoms with Crippen LogP contribution in [0.1, 0.15) is 65.7 Å². The second-order valence-corrected chi connectivity index (χ2v) is 5.27. The molecule has 0 aliphatic carbocycles. The zero-order chi connectivity index (χ0) is 14.2. The van der Waals surface area contributed by atoms with E-state index in [4.69, 9.17) is 10.2 Å². The standard InChI is InChI=1S/C14H26O4/c1-4-5-6-7-8-9-10-11(2)14(3,12(15)16)13(17)18/h11H,4-10H2,1-3H3,(H,15,16)(H,17,18). The molecule has 0 aliphatic heterocycles. The topological polar surface area (TPSA) is 74.6 Å². The maximum Gasteiger partial charge on any atom is 0.321 e. The van der Waals surface area contributed by atoms with Gasteiger partial charge in [-0.05, 0) is 19.3 Å². The van der Waals surface area contributed by atoms with Crippen LogP contribution in [0, 0.1) is 11.3 Å². The molecule has 0 aromatic rings. The average Bonchev–Trinajstić information content (AvgIpc) is 2.31. The molecule has 0 aromatic heterocycles. The second-order valence-electron chi connectivity index (χ2n) is 5.27. The molecule has 0 rings (SSSR count). The van der Waals surface area contributed by atoms with Crippen molar-refractivity contribution in [3.8, 4) is 0 Å². The van der Waals surface area contributed by atoms with Crippen LogP contribution < -0.4 is 0 Å². The van der Waals surface area contributed by atoms with Gasteiger partial charge in [0, 0.05) is 0 Å². The largest absolute Gasteiger partial charge is 0.480 e. The molecular formula is C14H26O4. The number of carboxylic acids is 2. The van der Waals surface area contributed by atoms with Crippen LogP contribution in [0.2, 0.25) is 0 Å². The van der Waals surface area contributed by atoms with Gasteiger partial charge in [0.05, 0.1) is 0 Å². The molecule has 0 spiro atoms. The highest BCUT2D eigenvalue weighted by Gasteiger charge is 2.46. The van der Waals surface area contributed by atoms with E-state index < -0.39 is 17.4 Å². The first-order chi connectivity index (χ1) is 8.37. The van der Waals surface area contributed by atoms with Crippen molar-refractivity contribution >= 4 is 11.9 Å². The summed E-state index contributed by atoms with van der Waals surface area (Å²) in [5, 5.41) is 18.1. The lowest BCUT2D eigenvalue weighted by atomic mass is 9.75. The smallest absolute Gasteiger partial charge is 0.321 e. The Morgan fingerprint density at radius 1 is 1.00 bits per heavy atom. The number of aliphatic carboxylic acids is 2. The highest BCUT2D eigenvalue weighted by atomic mass is 16.4. The summed E-state index contributed by atoms with van der Waals surface area (Å²) in [6, 6.07) is 0. The molecule has 1 atom stereocenters. The molecule has 0 aromatic carbocycles. The van der Waals surface area contributed by atoms with Gasteiger partial charge >= 0.3 is 11.9 Å². The van der Waals surface area contributed by atoms with Gasteiger partial charge < -0.3 is 10.2 Å². The fourth-order valence-corrected chi connectivity index (χ4v) is 2.03. The fraction of sp³-hybridized carbons (Fsp3) is 0.857. The van der Waals surface area contributed by atoms with Crippen molar-refractivity contribution in [2.24, 2.45) is 11.3 Å². The fourth-order valence-electron chi connectivity index (χ4n) is 2.03. The van der Waals surface area contributed by atoms with Gasteiger partial charge in [-0.2, -0.15) is 0 Å². The van der Waals surface area contributed by atoms with Crippen molar-refractivity contribution in [3.63, 3.8) is 0 Å². The number of hydrogen-bond acceptors (Lipinski definition) is 2. The summed E-state index contributed by atoms with van der Waals surface area (Å²) in [4.78, 5) is 22.2. The van der Waals surface area contributed by atoms with E-state index in [9.17, 15) is 9.59 Å². The van der Waals surface area contributed by atoms with Gasteiger partial charge in [0.2, 0.25) is 0 Å². The lowest BCUT2D eigenvalue weighted by molar-refractivity contribution is -0.167. The Bertz CT molecular complexity index is 259. The Hall–Kier alpha value is -1.06. The maximum atomic E-state index is 11.1. The van der Waals surface area contributed by atoms with Gasteiger partial charge in [-0.3, -0.25) is 9.59 Å². The van der Waals surface area contributed by atoms with E-state index in [-0.39, 0.29) is 5.92 Å². The first kappa shape index (κ1) is 16.9. The summed E-state index contributed by atoms with van der Waals surface area (Å²) >= 11 is 0. The quantitative estimate of drug-likeness (QED) is 0.464. The third-order valence-electron chi connectivity index (χ3n) is 3.86. The molecule has 4 nitrogen and oxygen atoms in total. The van der Waals surface area contributed by atoms with Crippen LogP contribution in [0.3, 0.4) is 0 Å². The summed E-state index contributed by atoms with van der Waals surface area (Å²) in [6.45, 7) is 5.18. The third kappa shape index (κ3) is 4.67. The molecule has 0 aliphatic rings. The SMILES string of the molecule is CCCCCCCCC(C)C(C)(C(=O)O)C(=O)O. The van der Waals surface area contributed by atoms with Crippen molar-refractivity contribution in [2.45, 2.75) is 65.7 Å². The molecule has 0 radical (unpaired) electrons. The van der Waals surface area contributed by atoms with Gasteiger partial charge in [-0.1, -0.05) is 52.4 Å². The second kappa shape index (κ2) is 8.11. The third-order valence-corrected chi connectivity index (χ3v) is 3.86. The molecule has 18 heavy (non-hydrogen) atoms. The van der Waals surface area contributed by atoms with Crippen LogP contribution in [0.5, 0.6) is 0 Å². The Morgan fingerprint density at radius 3 is 1.89 bits per heavy atom. The summed E-state index contributed by atoms with van der Waals surface area (Å²) in [5.74, 6) is -2.83. The molecule has 0 heterocycles. The lowest BCUT2D eigenvalue weighted by Gasteiger charge is -2.27. The number of rotatable bonds is 10. The van der Waals surface area contributed by atoms with E-state index in [0.29, 0.717) is 6.42 Å². The minimum Gasteiger partial charge on any atom is -0.480 e. The van der Waals surface area contributed by atoms with Crippen molar-refractivity contribution in [1.82, 2.24) is 0 Å². The average molecular weight is 258 g/mol. The zero-order valence-electron chi connectivity index (χ0n) is 11.7. The van der Waals surface area contributed by atoms with Gasteiger partial charge in [0.1, 0.15) is 0 Å². The molecular weight excluding hydrogens is 232 g/mol. The Labute approximate surface area is 109 Å². The molecule has 0 fully saturated rings. The first-order valence-corrected chi connectivity index (χ1v) is 6.84. The van der Waals surface area contributed by atoms with Gasteiger partial charge in [-0.15, -0.1) is 0 Å². The molecule has 4 heteroatoms. The highest BCUT2D eigenvalue weighted by molar-refractivity contribution is 5.98. The predicted molar refractivity (Wildman–Crippen MR) is 70.5 cm³/mol. The molecule has 1 unspecified atom stereocenters. The minimum absolute atomic E-state index is 0.348. The molecule has 106 valence electrons. The Kier molecular flexibility index (Phi) is 7.64. The van der Waals surface area contributed by atoms with E-state index in [1.54, 1.807) is 6.92 Å². The lowest BCUT2D eigenvalue weighted by Crippen LogP contribution is -2.42. The zero-order valence-corrected chi connectivity index (χ0v) is 11.7. The monoisotopic (exact) mass is 258 g/mol. The molecule has 0 saturated heterocycles. The summed E-state index contributed by atoms with van der Waals surface area (Å²) in [6.07, 6.45) is 7.41. The van der Waals surface area contributed by atoms with Crippen LogP contribution >= 0.6 is 0 Å². The number of carboxylic acid groups (broad SMARTS) is 2. The van der Waals surface area contributed by atoms with E-state index in [0.717, 1.165) is 19.3 Å². The highest BCUT2D eigenvalue weighted by Crippen LogP contribution is 2.32. The Balaban J connectivity index is 4.10. The molecule has 0 saturated carbocycles. The number of unbranched alkanes of at least 4 members (excludes halogenated alkanes) is 5. The predicted octanol–water partition coefficient (Wildman–Crippen LogP) is 3.55. The van der Waals surface area contributed by atoms with Crippen molar-refractivity contribution < 1.29 is 19.8 Å². The summed E-state index contributed by atoms with van der Waals surface area (Å²) in [5.41, 5.74) is -1.66. The van der Waals surface area contributed by atoms with Crippen LogP contribution in [0.25, 0.3) is 0 Å². The minimum atomic E-state index is -1.66. The summed E-state index contributed by atoms with van der Waals surface area (Å²) < 4.78 is 0. The van der Waals surface area contributed by atoms with Crippen LogP contribution in [-0.2, 0) is 9.59 Å². The number of carbonyl (C=O) groups is 2. The first-order valence-electron chi connectivity index (χ1n) is 6.84. The normalized spacial score (nSPS) is 13.3. The maximum absolute atomic E-state index is 11.1. The number of hydrogen-bond donors (Lipinski definition) is 2. The summed E-state index contributed by atoms with van der Waals surface area (Å²) in [7, 11) is 0.